The van der Waals surface area contributed by atoms with Crippen LogP contribution < -0.4 is 10.1 Å². The number of ether oxygens (including phenoxy) is 1. The first-order chi connectivity index (χ1) is 8.11. The van der Waals surface area contributed by atoms with Crippen molar-refractivity contribution in [2.24, 2.45) is 0 Å². The van der Waals surface area contributed by atoms with Gasteiger partial charge in [0.1, 0.15) is 5.75 Å². The second-order valence-electron chi connectivity index (χ2n) is 4.19. The number of hydrogen-bond acceptors (Lipinski definition) is 2. The van der Waals surface area contributed by atoms with E-state index in [4.69, 9.17) is 4.74 Å². The van der Waals surface area contributed by atoms with Crippen LogP contribution in [0.1, 0.15) is 19.4 Å². The van der Waals surface area contributed by atoms with Crippen molar-refractivity contribution in [3.63, 3.8) is 0 Å². The van der Waals surface area contributed by atoms with Crippen LogP contribution in [0.3, 0.4) is 0 Å². The first-order valence-electron chi connectivity index (χ1n) is 5.47. The molecule has 1 aliphatic rings. The lowest BCUT2D eigenvalue weighted by Gasteiger charge is -2.02. The van der Waals surface area contributed by atoms with E-state index < -0.39 is 0 Å². The number of methoxy groups -OCH3 is 1. The summed E-state index contributed by atoms with van der Waals surface area (Å²) in [4.78, 5) is 11.8. The average Bonchev–Trinajstić information content (AvgIpc) is 2.60. The molecule has 0 saturated carbocycles. The third kappa shape index (κ3) is 2.23. The largest absolute Gasteiger partial charge is 0.497 e. The molecule has 0 aromatic heterocycles. The Balaban J connectivity index is 2.45. The standard InChI is InChI=1S/C14H15NO2/c1-9(2)4-6-12-11-7-5-10(17-3)8-13(11)15-14(12)16/h4-8H,1-3H3,(H,15,16)/b12-6+. The van der Waals surface area contributed by atoms with Gasteiger partial charge in [-0.25, -0.2) is 0 Å². The zero-order valence-electron chi connectivity index (χ0n) is 10.2. The molecule has 0 spiro atoms. The van der Waals surface area contributed by atoms with Gasteiger partial charge in [0.05, 0.1) is 12.8 Å². The maximum absolute atomic E-state index is 11.8. The summed E-state index contributed by atoms with van der Waals surface area (Å²) in [5.41, 5.74) is 3.59. The lowest BCUT2D eigenvalue weighted by molar-refractivity contribution is -0.110. The second-order valence-corrected chi connectivity index (χ2v) is 4.19. The van der Waals surface area contributed by atoms with Gasteiger partial charge in [-0.1, -0.05) is 11.6 Å². The molecule has 3 nitrogen and oxygen atoms in total. The van der Waals surface area contributed by atoms with E-state index in [0.29, 0.717) is 5.57 Å². The molecule has 0 atom stereocenters. The van der Waals surface area contributed by atoms with Crippen molar-refractivity contribution in [3.05, 3.63) is 41.5 Å². The fraction of sp³-hybridized carbons (Fsp3) is 0.214. The highest BCUT2D eigenvalue weighted by Crippen LogP contribution is 2.34. The highest BCUT2D eigenvalue weighted by Gasteiger charge is 2.23. The van der Waals surface area contributed by atoms with Crippen molar-refractivity contribution in [2.75, 3.05) is 12.4 Å². The van der Waals surface area contributed by atoms with E-state index in [9.17, 15) is 4.79 Å². The number of rotatable bonds is 2. The Hall–Kier alpha value is -2.03. The van der Waals surface area contributed by atoms with Crippen molar-refractivity contribution in [1.29, 1.82) is 0 Å². The molecule has 0 fully saturated rings. The summed E-state index contributed by atoms with van der Waals surface area (Å²) in [5.74, 6) is 0.679. The maximum Gasteiger partial charge on any atom is 0.256 e. The Bertz CT molecular complexity index is 523. The molecule has 0 aliphatic carbocycles. The van der Waals surface area contributed by atoms with Crippen LogP contribution in [0.2, 0.25) is 0 Å². The number of fused-ring (bicyclic) bond motifs is 1. The van der Waals surface area contributed by atoms with Crippen LogP contribution in [-0.2, 0) is 4.79 Å². The molecule has 3 heteroatoms. The van der Waals surface area contributed by atoms with Crippen LogP contribution >= 0.6 is 0 Å². The number of hydrogen-bond donors (Lipinski definition) is 1. The van der Waals surface area contributed by atoms with Crippen LogP contribution in [0.15, 0.2) is 35.9 Å². The molecule has 0 radical (unpaired) electrons. The molecule has 1 heterocycles. The summed E-state index contributed by atoms with van der Waals surface area (Å²) < 4.78 is 5.13. The van der Waals surface area contributed by atoms with Crippen molar-refractivity contribution < 1.29 is 9.53 Å². The minimum absolute atomic E-state index is 0.0641. The van der Waals surface area contributed by atoms with E-state index in [1.165, 1.54) is 0 Å². The summed E-state index contributed by atoms with van der Waals surface area (Å²) in [7, 11) is 1.61. The highest BCUT2D eigenvalue weighted by molar-refractivity contribution is 6.31. The van der Waals surface area contributed by atoms with Gasteiger partial charge in [0.2, 0.25) is 0 Å². The summed E-state index contributed by atoms with van der Waals surface area (Å²) in [6, 6.07) is 5.59. The third-order valence-electron chi connectivity index (χ3n) is 2.59. The molecule has 88 valence electrons. The van der Waals surface area contributed by atoms with Crippen LogP contribution in [0.4, 0.5) is 5.69 Å². The van der Waals surface area contributed by atoms with Gasteiger partial charge < -0.3 is 10.1 Å². The molecule has 0 bridgehead atoms. The summed E-state index contributed by atoms with van der Waals surface area (Å²) in [6.07, 6.45) is 3.79. The van der Waals surface area contributed by atoms with Crippen molar-refractivity contribution >= 4 is 17.2 Å². The SMILES string of the molecule is COc1ccc2c(c1)NC(=O)/C2=C/C=C(C)C. The minimum Gasteiger partial charge on any atom is -0.497 e. The number of carbonyl (C=O) groups is 1. The van der Waals surface area contributed by atoms with Gasteiger partial charge in [-0.3, -0.25) is 4.79 Å². The maximum atomic E-state index is 11.8. The summed E-state index contributed by atoms with van der Waals surface area (Å²) in [5, 5.41) is 2.83. The Labute approximate surface area is 101 Å². The van der Waals surface area contributed by atoms with Gasteiger partial charge >= 0.3 is 0 Å². The molecular formula is C14H15NO2. The average molecular weight is 229 g/mol. The van der Waals surface area contributed by atoms with Gasteiger partial charge in [0.25, 0.3) is 5.91 Å². The number of amides is 1. The zero-order valence-corrected chi connectivity index (χ0v) is 10.2. The molecule has 0 saturated heterocycles. The Morgan fingerprint density at radius 3 is 2.76 bits per heavy atom. The van der Waals surface area contributed by atoms with Gasteiger partial charge in [-0.15, -0.1) is 0 Å². The quantitative estimate of drug-likeness (QED) is 0.792. The van der Waals surface area contributed by atoms with E-state index in [1.807, 2.05) is 44.2 Å². The first kappa shape index (κ1) is 11.5. The fourth-order valence-electron chi connectivity index (χ4n) is 1.72. The van der Waals surface area contributed by atoms with Crippen LogP contribution in [0, 0.1) is 0 Å². The molecule has 0 unspecified atom stereocenters. The normalized spacial score (nSPS) is 15.5. The van der Waals surface area contributed by atoms with Gasteiger partial charge in [-0.05, 0) is 32.1 Å². The Morgan fingerprint density at radius 2 is 2.12 bits per heavy atom. The van der Waals surface area contributed by atoms with Gasteiger partial charge in [-0.2, -0.15) is 0 Å². The monoisotopic (exact) mass is 229 g/mol. The van der Waals surface area contributed by atoms with Crippen LogP contribution in [0.5, 0.6) is 5.75 Å². The Morgan fingerprint density at radius 1 is 1.35 bits per heavy atom. The van der Waals surface area contributed by atoms with Gasteiger partial charge in [0.15, 0.2) is 0 Å². The van der Waals surface area contributed by atoms with E-state index in [1.54, 1.807) is 7.11 Å². The second kappa shape index (κ2) is 4.45. The molecule has 17 heavy (non-hydrogen) atoms. The highest BCUT2D eigenvalue weighted by atomic mass is 16.5. The number of nitrogens with one attached hydrogen (secondary N) is 1. The van der Waals surface area contributed by atoms with E-state index in [2.05, 4.69) is 5.32 Å². The molecule has 1 aliphatic heterocycles. The topological polar surface area (TPSA) is 38.3 Å². The lowest BCUT2D eigenvalue weighted by atomic mass is 10.1. The van der Waals surface area contributed by atoms with E-state index in [-0.39, 0.29) is 5.91 Å². The Kier molecular flexibility index (Phi) is 3.00. The third-order valence-corrected chi connectivity index (χ3v) is 2.59. The predicted molar refractivity (Wildman–Crippen MR) is 69.0 cm³/mol. The van der Waals surface area contributed by atoms with Crippen molar-refractivity contribution in [3.8, 4) is 5.75 Å². The zero-order chi connectivity index (χ0) is 12.4. The smallest absolute Gasteiger partial charge is 0.256 e. The molecule has 1 N–H and O–H groups in total. The van der Waals surface area contributed by atoms with Crippen molar-refractivity contribution in [1.82, 2.24) is 0 Å². The molecular weight excluding hydrogens is 214 g/mol. The number of carbonyl (C=O) groups excluding carboxylic acids is 1. The van der Waals surface area contributed by atoms with Crippen LogP contribution in [0.25, 0.3) is 5.57 Å². The molecule has 1 amide bonds. The van der Waals surface area contributed by atoms with E-state index in [0.717, 1.165) is 22.6 Å². The number of anilines is 1. The summed E-state index contributed by atoms with van der Waals surface area (Å²) in [6.45, 7) is 4.00. The fourth-order valence-corrected chi connectivity index (χ4v) is 1.72. The minimum atomic E-state index is -0.0641. The van der Waals surface area contributed by atoms with Crippen molar-refractivity contribution in [2.45, 2.75) is 13.8 Å². The predicted octanol–water partition coefficient (Wildman–Crippen LogP) is 3.00. The van der Waals surface area contributed by atoms with E-state index >= 15 is 0 Å². The van der Waals surface area contributed by atoms with Gasteiger partial charge in [0, 0.05) is 17.2 Å². The molecule has 1 aromatic carbocycles. The number of allylic oxidation sites excluding steroid dienone is 3. The first-order valence-corrected chi connectivity index (χ1v) is 5.47. The lowest BCUT2D eigenvalue weighted by Crippen LogP contribution is -2.03. The number of benzene rings is 1. The summed E-state index contributed by atoms with van der Waals surface area (Å²) >= 11 is 0. The molecule has 1 aromatic rings. The van der Waals surface area contributed by atoms with Crippen LogP contribution in [-0.4, -0.2) is 13.0 Å². The molecule has 2 rings (SSSR count).